The maximum atomic E-state index is 5.87. The number of nitrogens with zero attached hydrogens (tertiary/aromatic N) is 4. The molecule has 1 aromatic rings. The Morgan fingerprint density at radius 3 is 2.59 bits per heavy atom. The summed E-state index contributed by atoms with van der Waals surface area (Å²) in [5, 5.41) is 0.184. The highest BCUT2D eigenvalue weighted by Gasteiger charge is 2.24. The van der Waals surface area contributed by atoms with Crippen LogP contribution in [0.3, 0.4) is 0 Å². The summed E-state index contributed by atoms with van der Waals surface area (Å²) in [6, 6.07) is 0.791. The molecule has 1 fully saturated rings. The van der Waals surface area contributed by atoms with E-state index < -0.39 is 0 Å². The summed E-state index contributed by atoms with van der Waals surface area (Å²) in [6.07, 6.45) is 4.94. The maximum Gasteiger partial charge on any atom is 0.322 e. The SMILES string of the molecule is CCN(c1nc(Cl)nc(OC)n1)C1CCCC1. The molecule has 1 saturated carbocycles. The van der Waals surface area contributed by atoms with Crippen LogP contribution in [0.15, 0.2) is 0 Å². The lowest BCUT2D eigenvalue weighted by atomic mass is 10.2. The Morgan fingerprint density at radius 2 is 2.00 bits per heavy atom. The van der Waals surface area contributed by atoms with Crippen molar-refractivity contribution in [3.05, 3.63) is 5.28 Å². The molecule has 0 unspecified atom stereocenters. The number of aromatic nitrogens is 3. The van der Waals surface area contributed by atoms with E-state index in [1.807, 2.05) is 0 Å². The van der Waals surface area contributed by atoms with Gasteiger partial charge in [0.15, 0.2) is 0 Å². The lowest BCUT2D eigenvalue weighted by Crippen LogP contribution is -2.34. The minimum absolute atomic E-state index is 0.184. The van der Waals surface area contributed by atoms with Crippen LogP contribution in [-0.4, -0.2) is 34.6 Å². The predicted octanol–water partition coefficient (Wildman–Crippen LogP) is 2.30. The molecule has 0 radical (unpaired) electrons. The van der Waals surface area contributed by atoms with Gasteiger partial charge in [-0.2, -0.15) is 15.0 Å². The Morgan fingerprint density at radius 1 is 1.29 bits per heavy atom. The Kier molecular flexibility index (Phi) is 3.99. The molecule has 0 aliphatic heterocycles. The molecule has 6 heteroatoms. The smallest absolute Gasteiger partial charge is 0.322 e. The molecule has 0 N–H and O–H groups in total. The number of hydrogen-bond acceptors (Lipinski definition) is 5. The van der Waals surface area contributed by atoms with Gasteiger partial charge in [0, 0.05) is 12.6 Å². The summed E-state index contributed by atoms with van der Waals surface area (Å²) in [5.41, 5.74) is 0. The molecule has 1 aliphatic rings. The van der Waals surface area contributed by atoms with E-state index in [2.05, 4.69) is 26.8 Å². The van der Waals surface area contributed by atoms with Gasteiger partial charge in [0.1, 0.15) is 0 Å². The van der Waals surface area contributed by atoms with Crippen molar-refractivity contribution in [3.8, 4) is 6.01 Å². The molecule has 0 bridgehead atoms. The van der Waals surface area contributed by atoms with Crippen LogP contribution in [0.25, 0.3) is 0 Å². The fraction of sp³-hybridized carbons (Fsp3) is 0.727. The van der Waals surface area contributed by atoms with E-state index in [9.17, 15) is 0 Å². The normalized spacial score (nSPS) is 16.2. The van der Waals surface area contributed by atoms with Gasteiger partial charge in [0.25, 0.3) is 0 Å². The highest BCUT2D eigenvalue weighted by molar-refractivity contribution is 6.28. The summed E-state index contributed by atoms with van der Waals surface area (Å²) >= 11 is 5.87. The van der Waals surface area contributed by atoms with Gasteiger partial charge in [-0.1, -0.05) is 12.8 Å². The van der Waals surface area contributed by atoms with Gasteiger partial charge in [-0.15, -0.1) is 0 Å². The van der Waals surface area contributed by atoms with E-state index in [0.29, 0.717) is 12.0 Å². The van der Waals surface area contributed by atoms with Crippen LogP contribution >= 0.6 is 11.6 Å². The van der Waals surface area contributed by atoms with Gasteiger partial charge in [-0.3, -0.25) is 0 Å². The van der Waals surface area contributed by atoms with Crippen molar-refractivity contribution in [3.63, 3.8) is 0 Å². The topological polar surface area (TPSA) is 51.1 Å². The molecule has 0 spiro atoms. The van der Waals surface area contributed by atoms with E-state index in [1.165, 1.54) is 32.8 Å². The number of hydrogen-bond donors (Lipinski definition) is 0. The molecule has 5 nitrogen and oxygen atoms in total. The summed E-state index contributed by atoms with van der Waals surface area (Å²) < 4.78 is 5.02. The maximum absolute atomic E-state index is 5.87. The van der Waals surface area contributed by atoms with Crippen molar-refractivity contribution in [2.24, 2.45) is 0 Å². The molecule has 0 amide bonds. The highest BCUT2D eigenvalue weighted by Crippen LogP contribution is 2.27. The van der Waals surface area contributed by atoms with Crippen LogP contribution in [0.5, 0.6) is 6.01 Å². The number of anilines is 1. The zero-order valence-electron chi connectivity index (χ0n) is 10.2. The molecule has 1 aliphatic carbocycles. The van der Waals surface area contributed by atoms with Crippen molar-refractivity contribution in [1.82, 2.24) is 15.0 Å². The highest BCUT2D eigenvalue weighted by atomic mass is 35.5. The lowest BCUT2D eigenvalue weighted by Gasteiger charge is -2.27. The van der Waals surface area contributed by atoms with E-state index >= 15 is 0 Å². The Labute approximate surface area is 106 Å². The van der Waals surface area contributed by atoms with Crippen molar-refractivity contribution < 1.29 is 4.74 Å². The first-order chi connectivity index (χ1) is 8.24. The van der Waals surface area contributed by atoms with Gasteiger partial charge in [0.05, 0.1) is 7.11 Å². The Hall–Kier alpha value is -1.10. The van der Waals surface area contributed by atoms with Gasteiger partial charge in [-0.05, 0) is 31.4 Å². The molecule has 2 rings (SSSR count). The van der Waals surface area contributed by atoms with Crippen LogP contribution in [-0.2, 0) is 0 Å². The predicted molar refractivity (Wildman–Crippen MR) is 66.7 cm³/mol. The summed E-state index contributed by atoms with van der Waals surface area (Å²) in [4.78, 5) is 14.5. The van der Waals surface area contributed by atoms with E-state index in [0.717, 1.165) is 6.54 Å². The van der Waals surface area contributed by atoms with Crippen molar-refractivity contribution >= 4 is 17.5 Å². The largest absolute Gasteiger partial charge is 0.467 e. The average Bonchev–Trinajstić information content (AvgIpc) is 2.83. The number of ether oxygens (including phenoxy) is 1. The lowest BCUT2D eigenvalue weighted by molar-refractivity contribution is 0.377. The molecule has 0 aromatic carbocycles. The zero-order valence-corrected chi connectivity index (χ0v) is 10.9. The second kappa shape index (κ2) is 5.49. The molecule has 0 saturated heterocycles. The molecule has 1 heterocycles. The monoisotopic (exact) mass is 256 g/mol. The minimum Gasteiger partial charge on any atom is -0.467 e. The third kappa shape index (κ3) is 2.77. The second-order valence-electron chi connectivity index (χ2n) is 4.12. The number of rotatable bonds is 4. The van der Waals surface area contributed by atoms with E-state index in [-0.39, 0.29) is 11.3 Å². The molecular formula is C11H17ClN4O. The van der Waals surface area contributed by atoms with Gasteiger partial charge < -0.3 is 9.64 Å². The third-order valence-electron chi connectivity index (χ3n) is 3.12. The van der Waals surface area contributed by atoms with Crippen LogP contribution in [0.2, 0.25) is 5.28 Å². The summed E-state index contributed by atoms with van der Waals surface area (Å²) in [6.45, 7) is 2.97. The van der Waals surface area contributed by atoms with Crippen molar-refractivity contribution in [2.45, 2.75) is 38.6 Å². The summed E-state index contributed by atoms with van der Waals surface area (Å²) in [5.74, 6) is 0.622. The van der Waals surface area contributed by atoms with Crippen LogP contribution < -0.4 is 9.64 Å². The van der Waals surface area contributed by atoms with Gasteiger partial charge in [-0.25, -0.2) is 0 Å². The fourth-order valence-corrected chi connectivity index (χ4v) is 2.47. The number of methoxy groups -OCH3 is 1. The molecular weight excluding hydrogens is 240 g/mol. The first-order valence-electron chi connectivity index (χ1n) is 5.96. The van der Waals surface area contributed by atoms with Crippen LogP contribution in [0.1, 0.15) is 32.6 Å². The Balaban J connectivity index is 2.25. The van der Waals surface area contributed by atoms with E-state index in [4.69, 9.17) is 16.3 Å². The molecule has 1 aromatic heterocycles. The number of halogens is 1. The average molecular weight is 257 g/mol. The Bertz CT molecular complexity index is 382. The first kappa shape index (κ1) is 12.4. The molecule has 0 atom stereocenters. The molecule has 94 valence electrons. The standard InChI is InChI=1S/C11H17ClN4O/c1-3-16(8-6-4-5-7-8)10-13-9(12)14-11(15-10)17-2/h8H,3-7H2,1-2H3. The second-order valence-corrected chi connectivity index (χ2v) is 4.45. The minimum atomic E-state index is 0.184. The van der Waals surface area contributed by atoms with Crippen LogP contribution in [0, 0.1) is 0 Å². The van der Waals surface area contributed by atoms with Crippen molar-refractivity contribution in [2.75, 3.05) is 18.6 Å². The quantitative estimate of drug-likeness (QED) is 0.827. The summed E-state index contributed by atoms with van der Waals surface area (Å²) in [7, 11) is 1.53. The van der Waals surface area contributed by atoms with Gasteiger partial charge in [0.2, 0.25) is 11.2 Å². The zero-order chi connectivity index (χ0) is 12.3. The fourth-order valence-electron chi connectivity index (χ4n) is 2.32. The van der Waals surface area contributed by atoms with E-state index in [1.54, 1.807) is 0 Å². The third-order valence-corrected chi connectivity index (χ3v) is 3.29. The van der Waals surface area contributed by atoms with Crippen LogP contribution in [0.4, 0.5) is 5.95 Å². The molecule has 17 heavy (non-hydrogen) atoms. The van der Waals surface area contributed by atoms with Crippen molar-refractivity contribution in [1.29, 1.82) is 0 Å². The van der Waals surface area contributed by atoms with Gasteiger partial charge >= 0.3 is 6.01 Å². The first-order valence-corrected chi connectivity index (χ1v) is 6.34.